The molecule has 0 bridgehead atoms. The number of hydrogen-bond donors (Lipinski definition) is 1. The summed E-state index contributed by atoms with van der Waals surface area (Å²) < 4.78 is 36.5. The lowest BCUT2D eigenvalue weighted by Crippen LogP contribution is -2.08. The second-order valence-electron chi connectivity index (χ2n) is 2.75. The molecule has 0 aliphatic carbocycles. The van der Waals surface area contributed by atoms with Gasteiger partial charge in [-0.25, -0.2) is 9.78 Å². The van der Waals surface area contributed by atoms with E-state index >= 15 is 0 Å². The van der Waals surface area contributed by atoms with Crippen LogP contribution in [0.5, 0.6) is 0 Å². The molecule has 0 aliphatic heterocycles. The Balaban J connectivity index is 3.05. The molecule has 1 aromatic rings. The number of aliphatic carboxylic acids is 1. The van der Waals surface area contributed by atoms with Crippen LogP contribution in [0.15, 0.2) is 18.2 Å². The van der Waals surface area contributed by atoms with Crippen molar-refractivity contribution in [3.63, 3.8) is 0 Å². The summed E-state index contributed by atoms with van der Waals surface area (Å²) in [6, 6.07) is 1.78. The van der Waals surface area contributed by atoms with Crippen molar-refractivity contribution in [1.29, 1.82) is 0 Å². The molecule has 0 unspecified atom stereocenters. The lowest BCUT2D eigenvalue weighted by molar-refractivity contribution is -0.141. The molecular formula is C9H5ClF3NO2. The number of carboxylic acids is 1. The first-order valence-electron chi connectivity index (χ1n) is 3.95. The standard InChI is InChI=1S/C9H5ClF3NO2/c10-8-5(2-4-7(15)16)1-3-6(14-8)9(11,12)13/h1-4H,(H,15,16)/b4-2+. The van der Waals surface area contributed by atoms with E-state index in [1.807, 2.05) is 0 Å². The molecule has 0 aromatic carbocycles. The molecule has 1 rings (SSSR count). The van der Waals surface area contributed by atoms with E-state index in [1.54, 1.807) is 0 Å². The van der Waals surface area contributed by atoms with E-state index < -0.39 is 23.0 Å². The summed E-state index contributed by atoms with van der Waals surface area (Å²) in [5.41, 5.74) is -1.01. The number of carboxylic acid groups (broad SMARTS) is 1. The van der Waals surface area contributed by atoms with Gasteiger partial charge < -0.3 is 5.11 Å². The molecule has 0 atom stereocenters. The van der Waals surface area contributed by atoms with Gasteiger partial charge in [-0.1, -0.05) is 11.6 Å². The second-order valence-corrected chi connectivity index (χ2v) is 3.10. The minimum Gasteiger partial charge on any atom is -0.478 e. The minimum atomic E-state index is -4.57. The molecule has 1 aromatic heterocycles. The van der Waals surface area contributed by atoms with Crippen molar-refractivity contribution in [3.05, 3.63) is 34.6 Å². The zero-order valence-corrected chi connectivity index (χ0v) is 8.38. The van der Waals surface area contributed by atoms with Crippen molar-refractivity contribution >= 4 is 23.6 Å². The molecule has 0 fully saturated rings. The average molecular weight is 252 g/mol. The fourth-order valence-electron chi connectivity index (χ4n) is 0.888. The van der Waals surface area contributed by atoms with Gasteiger partial charge in [0.25, 0.3) is 0 Å². The van der Waals surface area contributed by atoms with Crippen LogP contribution >= 0.6 is 11.6 Å². The monoisotopic (exact) mass is 251 g/mol. The highest BCUT2D eigenvalue weighted by Gasteiger charge is 2.32. The lowest BCUT2D eigenvalue weighted by Gasteiger charge is -2.06. The number of carbonyl (C=O) groups is 1. The summed E-state index contributed by atoms with van der Waals surface area (Å²) in [5.74, 6) is -1.23. The van der Waals surface area contributed by atoms with Crippen LogP contribution in [0.25, 0.3) is 6.08 Å². The molecule has 3 nitrogen and oxygen atoms in total. The number of pyridine rings is 1. The van der Waals surface area contributed by atoms with Gasteiger partial charge >= 0.3 is 12.1 Å². The maximum Gasteiger partial charge on any atom is 0.433 e. The highest BCUT2D eigenvalue weighted by Crippen LogP contribution is 2.29. The number of rotatable bonds is 2. The van der Waals surface area contributed by atoms with Gasteiger partial charge in [0.15, 0.2) is 0 Å². The number of halogens is 4. The van der Waals surface area contributed by atoms with Gasteiger partial charge in [-0.3, -0.25) is 0 Å². The van der Waals surface area contributed by atoms with Crippen molar-refractivity contribution in [2.45, 2.75) is 6.18 Å². The number of hydrogen-bond acceptors (Lipinski definition) is 2. The normalized spacial score (nSPS) is 12.0. The summed E-state index contributed by atoms with van der Waals surface area (Å²) in [6.45, 7) is 0. The third kappa shape index (κ3) is 3.23. The number of alkyl halides is 3. The minimum absolute atomic E-state index is 0.108. The Morgan fingerprint density at radius 2 is 2.06 bits per heavy atom. The highest BCUT2D eigenvalue weighted by atomic mass is 35.5. The predicted molar refractivity (Wildman–Crippen MR) is 50.9 cm³/mol. The molecule has 16 heavy (non-hydrogen) atoms. The van der Waals surface area contributed by atoms with E-state index in [4.69, 9.17) is 16.7 Å². The largest absolute Gasteiger partial charge is 0.478 e. The first-order valence-corrected chi connectivity index (χ1v) is 4.33. The zero-order valence-electron chi connectivity index (χ0n) is 7.62. The van der Waals surface area contributed by atoms with Gasteiger partial charge in [0.2, 0.25) is 0 Å². The Hall–Kier alpha value is -1.56. The van der Waals surface area contributed by atoms with Crippen molar-refractivity contribution in [2.75, 3.05) is 0 Å². The lowest BCUT2D eigenvalue weighted by atomic mass is 10.2. The summed E-state index contributed by atoms with van der Waals surface area (Å²) >= 11 is 5.46. The van der Waals surface area contributed by atoms with Crippen molar-refractivity contribution in [3.8, 4) is 0 Å². The first kappa shape index (κ1) is 12.5. The van der Waals surface area contributed by atoms with Crippen molar-refractivity contribution in [1.82, 2.24) is 4.98 Å². The van der Waals surface area contributed by atoms with Crippen LogP contribution in [-0.2, 0) is 11.0 Å². The SMILES string of the molecule is O=C(O)/C=C/c1ccc(C(F)(F)F)nc1Cl. The molecule has 7 heteroatoms. The summed E-state index contributed by atoms with van der Waals surface area (Å²) in [7, 11) is 0. The van der Waals surface area contributed by atoms with Crippen LogP contribution in [0.3, 0.4) is 0 Å². The average Bonchev–Trinajstić information content (AvgIpc) is 2.14. The van der Waals surface area contributed by atoms with E-state index in [2.05, 4.69) is 4.98 Å². The zero-order chi connectivity index (χ0) is 12.3. The molecule has 0 saturated carbocycles. The van der Waals surface area contributed by atoms with Gasteiger partial charge in [0.05, 0.1) is 0 Å². The molecule has 0 spiro atoms. The van der Waals surface area contributed by atoms with Crippen molar-refractivity contribution in [2.24, 2.45) is 0 Å². The van der Waals surface area contributed by atoms with Crippen LogP contribution in [-0.4, -0.2) is 16.1 Å². The maximum atomic E-state index is 12.2. The predicted octanol–water partition coefficient (Wildman–Crippen LogP) is 2.85. The van der Waals surface area contributed by atoms with Crippen LogP contribution in [0.4, 0.5) is 13.2 Å². The number of aromatic nitrogens is 1. The second kappa shape index (κ2) is 4.52. The van der Waals surface area contributed by atoms with Gasteiger partial charge in [0.1, 0.15) is 10.8 Å². The Kier molecular flexibility index (Phi) is 3.54. The molecule has 1 heterocycles. The third-order valence-electron chi connectivity index (χ3n) is 1.57. The van der Waals surface area contributed by atoms with Crippen LogP contribution in [0, 0.1) is 0 Å². The van der Waals surface area contributed by atoms with Gasteiger partial charge in [-0.05, 0) is 18.2 Å². The van der Waals surface area contributed by atoms with E-state index in [0.717, 1.165) is 24.3 Å². The molecule has 0 aliphatic rings. The topological polar surface area (TPSA) is 50.2 Å². The van der Waals surface area contributed by atoms with Crippen molar-refractivity contribution < 1.29 is 23.1 Å². The van der Waals surface area contributed by atoms with E-state index in [1.165, 1.54) is 0 Å². The molecule has 1 N–H and O–H groups in total. The van der Waals surface area contributed by atoms with Gasteiger partial charge in [0, 0.05) is 11.6 Å². The Labute approximate surface area is 93.2 Å². The molecule has 0 saturated heterocycles. The molecule has 0 amide bonds. The highest BCUT2D eigenvalue weighted by molar-refractivity contribution is 6.30. The Bertz CT molecular complexity index is 443. The number of nitrogens with zero attached hydrogens (tertiary/aromatic N) is 1. The van der Waals surface area contributed by atoms with Crippen LogP contribution in [0.2, 0.25) is 5.15 Å². The van der Waals surface area contributed by atoms with Gasteiger partial charge in [-0.2, -0.15) is 13.2 Å². The Morgan fingerprint density at radius 1 is 1.44 bits per heavy atom. The van der Waals surface area contributed by atoms with Gasteiger partial charge in [-0.15, -0.1) is 0 Å². The maximum absolute atomic E-state index is 12.2. The smallest absolute Gasteiger partial charge is 0.433 e. The molecular weight excluding hydrogens is 247 g/mol. The summed E-state index contributed by atoms with van der Waals surface area (Å²) in [6.07, 6.45) is -2.74. The van der Waals surface area contributed by atoms with E-state index in [0.29, 0.717) is 0 Å². The molecule has 86 valence electrons. The summed E-state index contributed by atoms with van der Waals surface area (Å²) in [5, 5.41) is 7.92. The quantitative estimate of drug-likeness (QED) is 0.649. The van der Waals surface area contributed by atoms with E-state index in [9.17, 15) is 18.0 Å². The van der Waals surface area contributed by atoms with Crippen LogP contribution in [0.1, 0.15) is 11.3 Å². The fraction of sp³-hybridized carbons (Fsp3) is 0.111. The van der Waals surface area contributed by atoms with Crippen LogP contribution < -0.4 is 0 Å². The Morgan fingerprint density at radius 3 is 2.50 bits per heavy atom. The summed E-state index contributed by atoms with van der Waals surface area (Å²) in [4.78, 5) is 13.3. The van der Waals surface area contributed by atoms with E-state index in [-0.39, 0.29) is 5.56 Å². The first-order chi connectivity index (χ1) is 7.30. The molecule has 0 radical (unpaired) electrons. The third-order valence-corrected chi connectivity index (χ3v) is 1.88. The fourth-order valence-corrected chi connectivity index (χ4v) is 1.11.